The molecule has 5 rings (SSSR count). The van der Waals surface area contributed by atoms with Gasteiger partial charge in [-0.2, -0.15) is 0 Å². The Kier molecular flexibility index (Phi) is 4.28. The number of hydrogen-bond donors (Lipinski definition) is 0. The molecule has 1 heterocycles. The minimum Gasteiger partial charge on any atom is -0.304 e. The summed E-state index contributed by atoms with van der Waals surface area (Å²) in [4.78, 5) is 4.70. The third-order valence-electron chi connectivity index (χ3n) is 5.45. The van der Waals surface area contributed by atoms with Crippen LogP contribution in [0.5, 0.6) is 0 Å². The van der Waals surface area contributed by atoms with E-state index in [1.165, 1.54) is 44.1 Å². The summed E-state index contributed by atoms with van der Waals surface area (Å²) in [5.41, 5.74) is 4.04. The van der Waals surface area contributed by atoms with Crippen LogP contribution < -0.4 is 0 Å². The van der Waals surface area contributed by atoms with Gasteiger partial charge in [-0.05, 0) is 61.1 Å². The Morgan fingerprint density at radius 1 is 1.00 bits per heavy atom. The summed E-state index contributed by atoms with van der Waals surface area (Å²) in [6.07, 6.45) is 10.5. The molecule has 3 aliphatic rings. The van der Waals surface area contributed by atoms with Gasteiger partial charge in [0.2, 0.25) is 0 Å². The van der Waals surface area contributed by atoms with E-state index in [0.717, 1.165) is 17.2 Å². The maximum Gasteiger partial charge on any atom is 0.0198 e. The number of fused-ring (bicyclic) bond motifs is 3. The van der Waals surface area contributed by atoms with Gasteiger partial charge in [0, 0.05) is 26.3 Å². The molecule has 3 aliphatic carbocycles. The Hall–Kier alpha value is -0.981. The van der Waals surface area contributed by atoms with Crippen molar-refractivity contribution >= 4 is 0 Å². The fraction of sp³-hybridized carbons (Fsp3) is 0.421. The van der Waals surface area contributed by atoms with Gasteiger partial charge in [-0.25, -0.2) is 0 Å². The molecule has 1 nitrogen and oxygen atoms in total. The van der Waals surface area contributed by atoms with Crippen molar-refractivity contribution in [2.75, 3.05) is 0 Å². The zero-order valence-electron chi connectivity index (χ0n) is 12.1. The van der Waals surface area contributed by atoms with Gasteiger partial charge in [-0.1, -0.05) is 12.1 Å². The van der Waals surface area contributed by atoms with E-state index in [-0.39, 0.29) is 20.1 Å². The predicted octanol–water partition coefficient (Wildman–Crippen LogP) is 4.77. The van der Waals surface area contributed by atoms with Crippen molar-refractivity contribution in [3.05, 3.63) is 54.2 Å². The van der Waals surface area contributed by atoms with Crippen LogP contribution in [0.3, 0.4) is 0 Å². The molecule has 1 radical (unpaired) electrons. The molecular formula is C19H20IrN-. The van der Waals surface area contributed by atoms with Crippen LogP contribution in [-0.4, -0.2) is 4.98 Å². The molecule has 0 atom stereocenters. The van der Waals surface area contributed by atoms with Gasteiger partial charge in [0.25, 0.3) is 0 Å². The first-order chi connectivity index (χ1) is 9.86. The van der Waals surface area contributed by atoms with Gasteiger partial charge in [0.15, 0.2) is 0 Å². The molecule has 21 heavy (non-hydrogen) atoms. The predicted molar refractivity (Wildman–Crippen MR) is 81.4 cm³/mol. The molecule has 2 aromatic rings. The van der Waals surface area contributed by atoms with Crippen molar-refractivity contribution in [1.82, 2.24) is 4.98 Å². The average molecular weight is 455 g/mol. The van der Waals surface area contributed by atoms with E-state index in [1.807, 2.05) is 18.2 Å². The summed E-state index contributed by atoms with van der Waals surface area (Å²) in [6.45, 7) is 0. The molecule has 2 bridgehead atoms. The third-order valence-corrected chi connectivity index (χ3v) is 5.45. The third kappa shape index (κ3) is 2.72. The molecular weight excluding hydrogens is 434 g/mol. The van der Waals surface area contributed by atoms with Crippen LogP contribution in [0.2, 0.25) is 0 Å². The van der Waals surface area contributed by atoms with E-state index < -0.39 is 0 Å². The molecule has 2 heteroatoms. The van der Waals surface area contributed by atoms with Gasteiger partial charge < -0.3 is 4.98 Å². The van der Waals surface area contributed by atoms with Crippen molar-refractivity contribution in [3.8, 4) is 11.3 Å². The topological polar surface area (TPSA) is 12.9 Å². The Morgan fingerprint density at radius 3 is 2.33 bits per heavy atom. The molecule has 0 unspecified atom stereocenters. The van der Waals surface area contributed by atoms with Crippen molar-refractivity contribution in [2.24, 2.45) is 5.92 Å². The summed E-state index contributed by atoms with van der Waals surface area (Å²) in [6, 6.07) is 15.8. The van der Waals surface area contributed by atoms with Gasteiger partial charge >= 0.3 is 0 Å². The van der Waals surface area contributed by atoms with Crippen molar-refractivity contribution < 1.29 is 20.1 Å². The molecule has 3 fully saturated rings. The quantitative estimate of drug-likeness (QED) is 0.596. The van der Waals surface area contributed by atoms with Crippen LogP contribution >= 0.6 is 0 Å². The zero-order valence-corrected chi connectivity index (χ0v) is 14.5. The van der Waals surface area contributed by atoms with E-state index in [2.05, 4.69) is 30.5 Å². The van der Waals surface area contributed by atoms with E-state index in [9.17, 15) is 0 Å². The van der Waals surface area contributed by atoms with Crippen LogP contribution in [0.1, 0.15) is 44.1 Å². The molecule has 0 amide bonds. The molecule has 0 saturated heterocycles. The van der Waals surface area contributed by atoms with E-state index >= 15 is 0 Å². The van der Waals surface area contributed by atoms with Crippen LogP contribution in [0, 0.1) is 12.0 Å². The minimum absolute atomic E-state index is 0. The van der Waals surface area contributed by atoms with Gasteiger partial charge in [-0.3, -0.25) is 0 Å². The number of hydrogen-bond acceptors (Lipinski definition) is 1. The fourth-order valence-corrected chi connectivity index (χ4v) is 4.10. The molecule has 0 N–H and O–H groups in total. The second-order valence-electron chi connectivity index (χ2n) is 6.47. The first kappa shape index (κ1) is 14.9. The number of aromatic nitrogens is 1. The Bertz CT molecular complexity index is 569. The van der Waals surface area contributed by atoms with Gasteiger partial charge in [0.1, 0.15) is 0 Å². The summed E-state index contributed by atoms with van der Waals surface area (Å²) in [5, 5.41) is 0. The van der Waals surface area contributed by atoms with Crippen LogP contribution in [0.4, 0.5) is 0 Å². The first-order valence-electron chi connectivity index (χ1n) is 7.79. The molecule has 0 spiro atoms. The summed E-state index contributed by atoms with van der Waals surface area (Å²) >= 11 is 0. The van der Waals surface area contributed by atoms with E-state index in [1.54, 1.807) is 0 Å². The van der Waals surface area contributed by atoms with Gasteiger partial charge in [0.05, 0.1) is 0 Å². The molecule has 111 valence electrons. The van der Waals surface area contributed by atoms with E-state index in [0.29, 0.717) is 5.41 Å². The smallest absolute Gasteiger partial charge is 0.0198 e. The molecule has 1 aromatic carbocycles. The molecule has 3 saturated carbocycles. The number of nitrogens with zero attached hydrogens (tertiary/aromatic N) is 1. The standard InChI is InChI=1S/C19H20N.Ir/c1-2-4-16(5-3-1)18-7-6-17(14-20-18)19-11-8-15(9-12-19)10-13-19;/h1-4,6-7,14-15H,8-13H2;/q-1;. The monoisotopic (exact) mass is 455 g/mol. The average Bonchev–Trinajstić information content (AvgIpc) is 2.58. The van der Waals surface area contributed by atoms with Crippen LogP contribution in [0.25, 0.3) is 11.3 Å². The Balaban J connectivity index is 0.00000132. The summed E-state index contributed by atoms with van der Waals surface area (Å²) in [7, 11) is 0. The largest absolute Gasteiger partial charge is 0.304 e. The Labute approximate surface area is 140 Å². The number of rotatable bonds is 2. The van der Waals surface area contributed by atoms with Crippen LogP contribution in [-0.2, 0) is 25.5 Å². The first-order valence-corrected chi connectivity index (χ1v) is 7.79. The fourth-order valence-electron chi connectivity index (χ4n) is 4.10. The summed E-state index contributed by atoms with van der Waals surface area (Å²) in [5.74, 6) is 1.02. The van der Waals surface area contributed by atoms with Gasteiger partial charge in [-0.15, -0.1) is 35.9 Å². The minimum atomic E-state index is 0. The van der Waals surface area contributed by atoms with Crippen molar-refractivity contribution in [2.45, 2.75) is 43.9 Å². The normalized spacial score (nSPS) is 27.1. The number of pyridine rings is 1. The van der Waals surface area contributed by atoms with Crippen LogP contribution in [0.15, 0.2) is 42.6 Å². The second-order valence-corrected chi connectivity index (χ2v) is 6.47. The van der Waals surface area contributed by atoms with Crippen molar-refractivity contribution in [1.29, 1.82) is 0 Å². The molecule has 1 aromatic heterocycles. The molecule has 0 aliphatic heterocycles. The van der Waals surface area contributed by atoms with E-state index in [4.69, 9.17) is 4.98 Å². The zero-order chi connectivity index (χ0) is 13.4. The maximum absolute atomic E-state index is 4.70. The van der Waals surface area contributed by atoms with Crippen molar-refractivity contribution in [3.63, 3.8) is 0 Å². The summed E-state index contributed by atoms with van der Waals surface area (Å²) < 4.78 is 0. The second kappa shape index (κ2) is 6.02. The number of benzene rings is 1. The SMILES string of the molecule is [Ir].[c-]1ccccc1-c1ccc(C23CCC(CC2)CC3)cn1. The maximum atomic E-state index is 4.70. The Morgan fingerprint density at radius 2 is 1.76 bits per heavy atom.